The number of cyclic esters (lactones) is 1. The number of halogens is 1. The molecule has 31 heavy (non-hydrogen) atoms. The van der Waals surface area contributed by atoms with E-state index in [9.17, 15) is 14.0 Å². The highest BCUT2D eigenvalue weighted by Crippen LogP contribution is 2.28. The average Bonchev–Trinajstić information content (AvgIpc) is 3.12. The Balaban J connectivity index is 1.59. The maximum absolute atomic E-state index is 14.9. The van der Waals surface area contributed by atoms with Gasteiger partial charge in [-0.15, -0.1) is 0 Å². The van der Waals surface area contributed by atoms with Gasteiger partial charge in [0.25, 0.3) is 0 Å². The van der Waals surface area contributed by atoms with Crippen LogP contribution in [0.5, 0.6) is 0 Å². The molecule has 2 fully saturated rings. The van der Waals surface area contributed by atoms with Gasteiger partial charge in [-0.2, -0.15) is 0 Å². The van der Waals surface area contributed by atoms with E-state index in [0.29, 0.717) is 62.2 Å². The molecule has 0 aromatic heterocycles. The molecule has 0 bridgehead atoms. The molecular weight excluding hydrogens is 423 g/mol. The Kier molecular flexibility index (Phi) is 7.53. The van der Waals surface area contributed by atoms with E-state index in [1.807, 2.05) is 18.7 Å². The van der Waals surface area contributed by atoms with Crippen LogP contribution in [0.1, 0.15) is 20.8 Å². The lowest BCUT2D eigenvalue weighted by atomic mass is 10.2. The minimum atomic E-state index is -0.502. The zero-order valence-corrected chi connectivity index (χ0v) is 18.9. The number of thiocarbonyl (C=S) groups is 1. The van der Waals surface area contributed by atoms with Crippen LogP contribution in [0.4, 0.5) is 25.4 Å². The number of carbonyl (C=O) groups excluding carboxylic acids is 2. The van der Waals surface area contributed by atoms with Gasteiger partial charge in [0.05, 0.1) is 36.1 Å². The first-order valence-electron chi connectivity index (χ1n) is 10.5. The van der Waals surface area contributed by atoms with E-state index in [1.54, 1.807) is 24.0 Å². The molecule has 2 aliphatic heterocycles. The number of carbonyl (C=O) groups is 2. The summed E-state index contributed by atoms with van der Waals surface area (Å²) in [6.45, 7) is 8.75. The molecule has 0 spiro atoms. The van der Waals surface area contributed by atoms with Crippen molar-refractivity contribution in [3.05, 3.63) is 24.0 Å². The second-order valence-corrected chi connectivity index (χ2v) is 8.26. The van der Waals surface area contributed by atoms with E-state index in [0.717, 1.165) is 0 Å². The molecule has 170 valence electrons. The molecule has 3 rings (SSSR count). The quantitative estimate of drug-likeness (QED) is 0.665. The lowest BCUT2D eigenvalue weighted by molar-refractivity contribution is 0.105. The molecule has 2 saturated heterocycles. The normalized spacial score (nSPS) is 18.9. The van der Waals surface area contributed by atoms with Crippen LogP contribution in [0.2, 0.25) is 0 Å². The molecule has 2 heterocycles. The van der Waals surface area contributed by atoms with Crippen molar-refractivity contribution in [2.24, 2.45) is 5.92 Å². The predicted molar refractivity (Wildman–Crippen MR) is 120 cm³/mol. The van der Waals surface area contributed by atoms with Crippen molar-refractivity contribution in [1.29, 1.82) is 0 Å². The highest BCUT2D eigenvalue weighted by atomic mass is 32.1. The van der Waals surface area contributed by atoms with Gasteiger partial charge >= 0.3 is 12.2 Å². The molecule has 1 aromatic carbocycles. The molecule has 0 radical (unpaired) electrons. The summed E-state index contributed by atoms with van der Waals surface area (Å²) >= 11 is 5.24. The van der Waals surface area contributed by atoms with Crippen molar-refractivity contribution in [2.75, 3.05) is 55.7 Å². The molecule has 1 atom stereocenters. The molecule has 0 saturated carbocycles. The van der Waals surface area contributed by atoms with Crippen LogP contribution in [0.15, 0.2) is 18.2 Å². The SMILES string of the molecule is CCOC(=O)N1CCN(c2ccc(N3CC(CNC(=S)C(C)C)OC3=O)cc2F)CC1. The maximum Gasteiger partial charge on any atom is 0.414 e. The van der Waals surface area contributed by atoms with Crippen LogP contribution in [-0.2, 0) is 9.47 Å². The van der Waals surface area contributed by atoms with Gasteiger partial charge in [0.1, 0.15) is 11.9 Å². The minimum Gasteiger partial charge on any atom is -0.450 e. The largest absolute Gasteiger partial charge is 0.450 e. The van der Waals surface area contributed by atoms with Crippen molar-refractivity contribution < 1.29 is 23.5 Å². The summed E-state index contributed by atoms with van der Waals surface area (Å²) in [6.07, 6.45) is -1.20. The predicted octanol–water partition coefficient (Wildman–Crippen LogP) is 3.00. The molecule has 0 aliphatic carbocycles. The third kappa shape index (κ3) is 5.55. The average molecular weight is 453 g/mol. The summed E-state index contributed by atoms with van der Waals surface area (Å²) in [5.41, 5.74) is 0.894. The Morgan fingerprint density at radius 1 is 1.32 bits per heavy atom. The number of benzene rings is 1. The second kappa shape index (κ2) is 10.1. The molecule has 1 unspecified atom stereocenters. The molecule has 2 amide bonds. The van der Waals surface area contributed by atoms with E-state index in [4.69, 9.17) is 21.7 Å². The number of ether oxygens (including phenoxy) is 2. The Hall–Kier alpha value is -2.62. The summed E-state index contributed by atoms with van der Waals surface area (Å²) in [6, 6.07) is 4.73. The van der Waals surface area contributed by atoms with Crippen LogP contribution in [0.25, 0.3) is 0 Å². The summed E-state index contributed by atoms with van der Waals surface area (Å²) < 4.78 is 25.3. The molecule has 2 aliphatic rings. The monoisotopic (exact) mass is 452 g/mol. The number of rotatable bonds is 6. The fourth-order valence-electron chi connectivity index (χ4n) is 3.52. The Morgan fingerprint density at radius 3 is 2.65 bits per heavy atom. The van der Waals surface area contributed by atoms with Crippen molar-refractivity contribution in [3.63, 3.8) is 0 Å². The molecular formula is C21H29FN4O4S. The highest BCUT2D eigenvalue weighted by molar-refractivity contribution is 7.80. The number of piperazine rings is 1. The Bertz CT molecular complexity index is 830. The number of nitrogens with zero attached hydrogens (tertiary/aromatic N) is 3. The summed E-state index contributed by atoms with van der Waals surface area (Å²) in [7, 11) is 0. The zero-order chi connectivity index (χ0) is 22.5. The second-order valence-electron chi connectivity index (χ2n) is 7.82. The van der Waals surface area contributed by atoms with E-state index in [1.165, 1.54) is 11.0 Å². The van der Waals surface area contributed by atoms with Crippen LogP contribution < -0.4 is 15.1 Å². The number of anilines is 2. The van der Waals surface area contributed by atoms with Crippen LogP contribution in [-0.4, -0.2) is 74.1 Å². The first-order valence-corrected chi connectivity index (χ1v) is 10.9. The Labute approximate surface area is 187 Å². The van der Waals surface area contributed by atoms with Gasteiger partial charge in [0.2, 0.25) is 0 Å². The first kappa shape index (κ1) is 23.1. The first-order chi connectivity index (χ1) is 14.8. The minimum absolute atomic E-state index is 0.212. The summed E-state index contributed by atoms with van der Waals surface area (Å²) in [5.74, 6) is -0.207. The topological polar surface area (TPSA) is 74.3 Å². The van der Waals surface area contributed by atoms with E-state index >= 15 is 0 Å². The van der Waals surface area contributed by atoms with Crippen LogP contribution >= 0.6 is 12.2 Å². The van der Waals surface area contributed by atoms with Crippen LogP contribution in [0, 0.1) is 11.7 Å². The molecule has 1 aromatic rings. The summed E-state index contributed by atoms with van der Waals surface area (Å²) in [5, 5.41) is 3.11. The fraction of sp³-hybridized carbons (Fsp3) is 0.571. The third-order valence-corrected chi connectivity index (χ3v) is 5.91. The number of hydrogen-bond donors (Lipinski definition) is 1. The van der Waals surface area contributed by atoms with Crippen molar-refractivity contribution >= 4 is 40.8 Å². The smallest absolute Gasteiger partial charge is 0.414 e. The van der Waals surface area contributed by atoms with Gasteiger partial charge in [-0.3, -0.25) is 4.90 Å². The van der Waals surface area contributed by atoms with E-state index in [-0.39, 0.29) is 18.1 Å². The van der Waals surface area contributed by atoms with Gasteiger partial charge in [0, 0.05) is 32.1 Å². The van der Waals surface area contributed by atoms with Gasteiger partial charge in [0.15, 0.2) is 0 Å². The lowest BCUT2D eigenvalue weighted by Crippen LogP contribution is -2.49. The fourth-order valence-corrected chi connectivity index (χ4v) is 3.61. The maximum atomic E-state index is 14.9. The van der Waals surface area contributed by atoms with Gasteiger partial charge in [-0.1, -0.05) is 26.1 Å². The van der Waals surface area contributed by atoms with Gasteiger partial charge in [-0.25, -0.2) is 14.0 Å². The Morgan fingerprint density at radius 2 is 2.03 bits per heavy atom. The van der Waals surface area contributed by atoms with Crippen molar-refractivity contribution in [1.82, 2.24) is 10.2 Å². The van der Waals surface area contributed by atoms with E-state index < -0.39 is 11.9 Å². The van der Waals surface area contributed by atoms with Gasteiger partial charge < -0.3 is 24.6 Å². The van der Waals surface area contributed by atoms with Crippen LogP contribution in [0.3, 0.4) is 0 Å². The number of amides is 2. The number of nitrogens with one attached hydrogen (secondary N) is 1. The van der Waals surface area contributed by atoms with Crippen molar-refractivity contribution in [3.8, 4) is 0 Å². The van der Waals surface area contributed by atoms with E-state index in [2.05, 4.69) is 5.32 Å². The third-order valence-electron chi connectivity index (χ3n) is 5.29. The molecule has 10 heteroatoms. The number of hydrogen-bond acceptors (Lipinski definition) is 6. The summed E-state index contributed by atoms with van der Waals surface area (Å²) in [4.78, 5) is 29.7. The zero-order valence-electron chi connectivity index (χ0n) is 18.1. The standard InChI is InChI=1S/C21H29FN4O4S/c1-4-29-20(27)25-9-7-24(8-10-25)18-6-5-15(11-17(18)22)26-13-16(30-21(26)28)12-23-19(31)14(2)3/h5-6,11,14,16H,4,7-10,12-13H2,1-3H3,(H,23,31). The molecule has 1 N–H and O–H groups in total. The van der Waals surface area contributed by atoms with Gasteiger partial charge in [-0.05, 0) is 25.1 Å². The lowest BCUT2D eigenvalue weighted by Gasteiger charge is -2.35. The van der Waals surface area contributed by atoms with Crippen molar-refractivity contribution in [2.45, 2.75) is 26.9 Å². The highest BCUT2D eigenvalue weighted by Gasteiger charge is 2.33. The molecule has 8 nitrogen and oxygen atoms in total.